The number of carbonyl (C=O) groups excluding carboxylic acids is 1. The molecule has 4 fully saturated rings. The molecule has 1 aromatic rings. The highest BCUT2D eigenvalue weighted by Gasteiger charge is 2.66. The van der Waals surface area contributed by atoms with E-state index in [0.717, 1.165) is 47.7 Å². The summed E-state index contributed by atoms with van der Waals surface area (Å²) in [5.41, 5.74) is 3.27. The number of carbonyl (C=O) groups is 1. The summed E-state index contributed by atoms with van der Waals surface area (Å²) in [6.07, 6.45) is 14.8. The maximum absolute atomic E-state index is 13.8. The number of fused-ring (bicyclic) bond motifs is 5. The lowest BCUT2D eigenvalue weighted by Gasteiger charge is -2.59. The van der Waals surface area contributed by atoms with Gasteiger partial charge in [0.25, 0.3) is 0 Å². The molecular weight excluding hydrogens is 390 g/mol. The zero-order chi connectivity index (χ0) is 20.7. The van der Waals surface area contributed by atoms with Crippen LogP contribution in [0.2, 0.25) is 5.02 Å². The molecule has 0 bridgehead atoms. The van der Waals surface area contributed by atoms with E-state index in [4.69, 9.17) is 11.6 Å². The highest BCUT2D eigenvalue weighted by Crippen LogP contribution is 2.66. The first kappa shape index (κ1) is 19.6. The Morgan fingerprint density at radius 2 is 1.87 bits per heavy atom. The average molecular weight is 425 g/mol. The fraction of sp³-hybridized carbons (Fsp3) is 0.667. The number of halogens is 1. The molecule has 3 heteroatoms. The van der Waals surface area contributed by atoms with E-state index in [1.165, 1.54) is 44.2 Å². The normalized spacial score (nSPS) is 45.4. The molecule has 0 spiro atoms. The van der Waals surface area contributed by atoms with Crippen molar-refractivity contribution in [3.63, 3.8) is 0 Å². The van der Waals surface area contributed by atoms with Crippen molar-refractivity contribution < 1.29 is 4.79 Å². The molecule has 6 rings (SSSR count). The third kappa shape index (κ3) is 2.44. The van der Waals surface area contributed by atoms with Gasteiger partial charge in [-0.25, -0.2) is 4.79 Å². The minimum atomic E-state index is 0.144. The first-order chi connectivity index (χ1) is 14.4. The van der Waals surface area contributed by atoms with Gasteiger partial charge in [0.05, 0.1) is 6.42 Å². The molecule has 1 aromatic carbocycles. The van der Waals surface area contributed by atoms with Crippen LogP contribution in [-0.4, -0.2) is 11.9 Å². The summed E-state index contributed by atoms with van der Waals surface area (Å²) < 4.78 is 0.488. The largest absolute Gasteiger partial charge is 0.323 e. The predicted molar refractivity (Wildman–Crippen MR) is 123 cm³/mol. The summed E-state index contributed by atoms with van der Waals surface area (Å²) in [7, 11) is 0. The maximum Gasteiger partial charge on any atom is 0.323 e. The van der Waals surface area contributed by atoms with Crippen molar-refractivity contribution in [2.75, 3.05) is 0 Å². The van der Waals surface area contributed by atoms with Crippen LogP contribution in [0.3, 0.4) is 0 Å². The number of amides is 1. The molecule has 160 valence electrons. The lowest BCUT2D eigenvalue weighted by molar-refractivity contribution is -0.136. The zero-order valence-electron chi connectivity index (χ0n) is 18.5. The summed E-state index contributed by atoms with van der Waals surface area (Å²) >= 11 is 6.45. The van der Waals surface area contributed by atoms with Crippen LogP contribution in [0, 0.1) is 28.6 Å². The van der Waals surface area contributed by atoms with Gasteiger partial charge in [0.1, 0.15) is 17.4 Å². The quantitative estimate of drug-likeness (QED) is 0.456. The Labute approximate surface area is 186 Å². The highest BCUT2D eigenvalue weighted by molar-refractivity contribution is 6.30. The molecule has 0 radical (unpaired) electrons. The molecule has 6 atom stereocenters. The number of likely N-dealkylation sites (tertiary alicyclic amines) is 1. The van der Waals surface area contributed by atoms with Crippen LogP contribution in [0.25, 0.3) is 0 Å². The molecule has 5 aliphatic rings. The van der Waals surface area contributed by atoms with Crippen molar-refractivity contribution in [1.29, 1.82) is 0 Å². The van der Waals surface area contributed by atoms with Gasteiger partial charge in [-0.2, -0.15) is 4.48 Å². The van der Waals surface area contributed by atoms with Gasteiger partial charge in [0, 0.05) is 35.4 Å². The van der Waals surface area contributed by atoms with E-state index in [-0.39, 0.29) is 5.41 Å². The zero-order valence-corrected chi connectivity index (χ0v) is 19.3. The number of hydrogen-bond acceptors (Lipinski definition) is 1. The summed E-state index contributed by atoms with van der Waals surface area (Å²) in [5, 5.41) is 0.749. The second kappa shape index (κ2) is 6.45. The maximum atomic E-state index is 13.8. The Bertz CT molecular complexity index is 935. The lowest BCUT2D eigenvalue weighted by atomic mass is 9.49. The van der Waals surface area contributed by atoms with Crippen molar-refractivity contribution in [2.24, 2.45) is 28.6 Å². The SMILES string of the molecule is C[C@@]12CCC[C@H]1[C@@H]1CC=C3[C@](C)(CCC(=O)[N+]3(c3cccc(Cl)c3)C3CC3)[C@H]1CC2. The molecule has 4 aliphatic carbocycles. The third-order valence-corrected chi connectivity index (χ3v) is 10.4. The molecule has 0 N–H and O–H groups in total. The predicted octanol–water partition coefficient (Wildman–Crippen LogP) is 7.26. The standard InChI is InChI=1S/C27H35ClNO/c1-26-14-4-7-22(26)21-10-11-24-27(2,23(21)12-15-26)16-13-25(30)29(24,19-8-9-19)20-6-3-5-18(28)17-20/h3,5-6,11,17,19,21-23H,4,7-10,12-16H2,1-2H3/q+1/t21-,22-,23-,26-,27+,29?/m0/s1. The number of hydrogen-bond donors (Lipinski definition) is 0. The molecular formula is C27H35ClNO+. The van der Waals surface area contributed by atoms with Crippen LogP contribution in [0.1, 0.15) is 78.1 Å². The molecule has 30 heavy (non-hydrogen) atoms. The Morgan fingerprint density at radius 3 is 2.63 bits per heavy atom. The molecule has 1 amide bonds. The van der Waals surface area contributed by atoms with E-state index in [1.54, 1.807) is 0 Å². The second-order valence-electron chi connectivity index (χ2n) is 11.5. The first-order valence-corrected chi connectivity index (χ1v) is 12.7. The number of rotatable bonds is 2. The van der Waals surface area contributed by atoms with Crippen molar-refractivity contribution in [2.45, 2.75) is 84.1 Å². The fourth-order valence-corrected chi connectivity index (χ4v) is 8.84. The van der Waals surface area contributed by atoms with E-state index in [1.807, 2.05) is 12.1 Å². The summed E-state index contributed by atoms with van der Waals surface area (Å²) in [6, 6.07) is 8.63. The van der Waals surface area contributed by atoms with E-state index < -0.39 is 0 Å². The Balaban J connectivity index is 1.51. The minimum absolute atomic E-state index is 0.144. The molecule has 1 heterocycles. The Kier molecular flexibility index (Phi) is 4.21. The lowest BCUT2D eigenvalue weighted by Crippen LogP contribution is -2.65. The average Bonchev–Trinajstić information content (AvgIpc) is 3.49. The van der Waals surface area contributed by atoms with Crippen LogP contribution >= 0.6 is 11.6 Å². The molecule has 2 nitrogen and oxygen atoms in total. The van der Waals surface area contributed by atoms with E-state index in [9.17, 15) is 4.79 Å². The van der Waals surface area contributed by atoms with E-state index in [0.29, 0.717) is 28.3 Å². The molecule has 3 saturated carbocycles. The Hall–Kier alpha value is -1.12. The number of benzene rings is 1. The van der Waals surface area contributed by atoms with Crippen LogP contribution in [0.15, 0.2) is 36.0 Å². The summed E-state index contributed by atoms with van der Waals surface area (Å²) in [4.78, 5) is 13.8. The second-order valence-corrected chi connectivity index (χ2v) is 12.0. The van der Waals surface area contributed by atoms with Gasteiger partial charge in [-0.3, -0.25) is 0 Å². The monoisotopic (exact) mass is 424 g/mol. The van der Waals surface area contributed by atoms with E-state index >= 15 is 0 Å². The van der Waals surface area contributed by atoms with Gasteiger partial charge in [0.2, 0.25) is 0 Å². The Morgan fingerprint density at radius 1 is 1.03 bits per heavy atom. The van der Waals surface area contributed by atoms with Crippen LogP contribution < -0.4 is 4.48 Å². The summed E-state index contributed by atoms with van der Waals surface area (Å²) in [6.45, 7) is 5.10. The summed E-state index contributed by atoms with van der Waals surface area (Å²) in [5.74, 6) is 2.84. The number of nitrogens with zero attached hydrogens (tertiary/aromatic N) is 1. The van der Waals surface area contributed by atoms with Crippen LogP contribution in [-0.2, 0) is 4.79 Å². The van der Waals surface area contributed by atoms with Gasteiger partial charge in [-0.05, 0) is 73.8 Å². The van der Waals surface area contributed by atoms with E-state index in [2.05, 4.69) is 32.1 Å². The van der Waals surface area contributed by atoms with Crippen molar-refractivity contribution in [3.05, 3.63) is 41.1 Å². The number of piperidine rings is 1. The first-order valence-electron chi connectivity index (χ1n) is 12.3. The van der Waals surface area contributed by atoms with Crippen LogP contribution in [0.5, 0.6) is 0 Å². The van der Waals surface area contributed by atoms with Gasteiger partial charge in [0.15, 0.2) is 0 Å². The third-order valence-electron chi connectivity index (χ3n) is 10.1. The minimum Gasteiger partial charge on any atom is -0.230 e. The number of quaternary nitrogens is 1. The van der Waals surface area contributed by atoms with Crippen molar-refractivity contribution in [3.8, 4) is 0 Å². The van der Waals surface area contributed by atoms with Gasteiger partial charge < -0.3 is 0 Å². The van der Waals surface area contributed by atoms with Crippen molar-refractivity contribution in [1.82, 2.24) is 4.48 Å². The smallest absolute Gasteiger partial charge is 0.230 e. The highest BCUT2D eigenvalue weighted by atomic mass is 35.5. The fourth-order valence-electron chi connectivity index (χ4n) is 8.66. The number of allylic oxidation sites excluding steroid dienone is 2. The molecule has 0 aromatic heterocycles. The molecule has 1 saturated heterocycles. The molecule has 1 unspecified atom stereocenters. The van der Waals surface area contributed by atoms with Crippen molar-refractivity contribution >= 4 is 23.2 Å². The molecule has 1 aliphatic heterocycles. The van der Waals surface area contributed by atoms with Crippen LogP contribution in [0.4, 0.5) is 5.69 Å². The topological polar surface area (TPSA) is 17.1 Å². The van der Waals surface area contributed by atoms with Gasteiger partial charge in [-0.15, -0.1) is 0 Å². The van der Waals surface area contributed by atoms with Gasteiger partial charge in [-0.1, -0.05) is 37.9 Å². The van der Waals surface area contributed by atoms with Gasteiger partial charge >= 0.3 is 5.91 Å².